The summed E-state index contributed by atoms with van der Waals surface area (Å²) in [6, 6.07) is 13.3. The third-order valence-corrected chi connectivity index (χ3v) is 3.22. The minimum Gasteiger partial charge on any atom is -0.444 e. The maximum Gasteiger partial charge on any atom is 0.412 e. The number of ether oxygens (including phenoxy) is 1. The number of urea groups is 1. The quantitative estimate of drug-likeness (QED) is 0.691. The van der Waals surface area contributed by atoms with Crippen LogP contribution in [0.4, 0.5) is 26.7 Å². The number of amides is 3. The van der Waals surface area contributed by atoms with Crippen molar-refractivity contribution in [1.29, 1.82) is 0 Å². The fourth-order valence-corrected chi connectivity index (χ4v) is 2.09. The van der Waals surface area contributed by atoms with E-state index >= 15 is 0 Å². The molecule has 0 saturated heterocycles. The van der Waals surface area contributed by atoms with E-state index in [1.807, 2.05) is 18.2 Å². The number of carbonyl (C=O) groups is 2. The second-order valence-corrected chi connectivity index (χ2v) is 6.67. The Morgan fingerprint density at radius 2 is 1.60 bits per heavy atom. The van der Waals surface area contributed by atoms with Crippen molar-refractivity contribution in [3.8, 4) is 0 Å². The molecule has 0 aliphatic carbocycles. The Morgan fingerprint density at radius 1 is 0.920 bits per heavy atom. The lowest BCUT2D eigenvalue weighted by atomic mass is 10.2. The summed E-state index contributed by atoms with van der Waals surface area (Å²) in [6.45, 7) is 5.32. The van der Waals surface area contributed by atoms with Crippen LogP contribution < -0.4 is 16.0 Å². The van der Waals surface area contributed by atoms with Crippen molar-refractivity contribution in [1.82, 2.24) is 0 Å². The summed E-state index contributed by atoms with van der Waals surface area (Å²) in [5.41, 5.74) is 0.865. The van der Waals surface area contributed by atoms with Crippen LogP contribution in [0.1, 0.15) is 20.8 Å². The van der Waals surface area contributed by atoms with E-state index in [0.717, 1.165) is 0 Å². The first kappa shape index (κ1) is 18.6. The topological polar surface area (TPSA) is 79.5 Å². The number of para-hydroxylation sites is 1. The molecule has 0 spiro atoms. The molecule has 0 radical (unpaired) electrons. The number of rotatable bonds is 3. The Kier molecular flexibility index (Phi) is 5.88. The molecule has 0 unspecified atom stereocenters. The second kappa shape index (κ2) is 7.90. The van der Waals surface area contributed by atoms with Gasteiger partial charge in [0.1, 0.15) is 5.60 Å². The SMILES string of the molecule is CC(C)(C)OC(=O)Nc1ccc(Cl)c(NC(=O)Nc2ccccc2)c1. The molecule has 0 saturated carbocycles. The predicted octanol–water partition coefficient (Wildman–Crippen LogP) is 5.33. The summed E-state index contributed by atoms with van der Waals surface area (Å²) in [4.78, 5) is 23.9. The van der Waals surface area contributed by atoms with E-state index in [2.05, 4.69) is 16.0 Å². The molecule has 0 aliphatic rings. The summed E-state index contributed by atoms with van der Waals surface area (Å²) in [7, 11) is 0. The highest BCUT2D eigenvalue weighted by molar-refractivity contribution is 6.34. The van der Waals surface area contributed by atoms with Crippen LogP contribution in [-0.4, -0.2) is 17.7 Å². The Bertz CT molecular complexity index is 758. The van der Waals surface area contributed by atoms with Crippen LogP contribution >= 0.6 is 11.6 Å². The first-order valence-electron chi connectivity index (χ1n) is 7.65. The van der Waals surface area contributed by atoms with Crippen LogP contribution in [0.25, 0.3) is 0 Å². The maximum atomic E-state index is 12.1. The lowest BCUT2D eigenvalue weighted by molar-refractivity contribution is 0.0636. The zero-order valence-corrected chi connectivity index (χ0v) is 15.0. The fourth-order valence-electron chi connectivity index (χ4n) is 1.93. The molecular weight excluding hydrogens is 342 g/mol. The third kappa shape index (κ3) is 6.35. The van der Waals surface area contributed by atoms with Crippen molar-refractivity contribution in [2.45, 2.75) is 26.4 Å². The van der Waals surface area contributed by atoms with Crippen molar-refractivity contribution >= 4 is 40.8 Å². The summed E-state index contributed by atoms with van der Waals surface area (Å²) in [5, 5.41) is 8.28. The van der Waals surface area contributed by atoms with Crippen LogP contribution in [-0.2, 0) is 4.74 Å². The predicted molar refractivity (Wildman–Crippen MR) is 100 cm³/mol. The second-order valence-electron chi connectivity index (χ2n) is 6.27. The number of benzene rings is 2. The molecule has 0 heterocycles. The van der Waals surface area contributed by atoms with Gasteiger partial charge in [-0.3, -0.25) is 5.32 Å². The molecule has 0 bridgehead atoms. The van der Waals surface area contributed by atoms with Gasteiger partial charge < -0.3 is 15.4 Å². The summed E-state index contributed by atoms with van der Waals surface area (Å²) >= 11 is 6.10. The molecule has 0 aliphatic heterocycles. The normalized spacial score (nSPS) is 10.7. The molecule has 2 aromatic carbocycles. The van der Waals surface area contributed by atoms with Gasteiger partial charge in [-0.2, -0.15) is 0 Å². The van der Waals surface area contributed by atoms with Gasteiger partial charge in [-0.1, -0.05) is 29.8 Å². The van der Waals surface area contributed by atoms with E-state index in [4.69, 9.17) is 16.3 Å². The molecule has 2 aromatic rings. The Hall–Kier alpha value is -2.73. The molecule has 0 atom stereocenters. The van der Waals surface area contributed by atoms with Crippen LogP contribution in [0.3, 0.4) is 0 Å². The van der Waals surface area contributed by atoms with Gasteiger partial charge in [0.25, 0.3) is 0 Å². The number of nitrogens with one attached hydrogen (secondary N) is 3. The lowest BCUT2D eigenvalue weighted by Crippen LogP contribution is -2.27. The molecule has 25 heavy (non-hydrogen) atoms. The zero-order chi connectivity index (χ0) is 18.4. The lowest BCUT2D eigenvalue weighted by Gasteiger charge is -2.20. The molecule has 2 rings (SSSR count). The minimum atomic E-state index is -0.604. The Labute approximate surface area is 151 Å². The molecule has 0 fully saturated rings. The molecule has 0 aromatic heterocycles. The van der Waals surface area contributed by atoms with Gasteiger partial charge in [-0.15, -0.1) is 0 Å². The van der Waals surface area contributed by atoms with Crippen molar-refractivity contribution in [2.75, 3.05) is 16.0 Å². The van der Waals surface area contributed by atoms with Gasteiger partial charge in [-0.05, 0) is 51.1 Å². The molecular formula is C18H20ClN3O3. The monoisotopic (exact) mass is 361 g/mol. The fraction of sp³-hybridized carbons (Fsp3) is 0.222. The van der Waals surface area contributed by atoms with Gasteiger partial charge in [0.05, 0.1) is 10.7 Å². The van der Waals surface area contributed by atoms with E-state index in [-0.39, 0.29) is 0 Å². The molecule has 3 amide bonds. The third-order valence-electron chi connectivity index (χ3n) is 2.89. The number of hydrogen-bond acceptors (Lipinski definition) is 3. The van der Waals surface area contributed by atoms with Crippen LogP contribution in [0, 0.1) is 0 Å². The van der Waals surface area contributed by atoms with E-state index in [0.29, 0.717) is 22.1 Å². The van der Waals surface area contributed by atoms with Gasteiger partial charge >= 0.3 is 12.1 Å². The van der Waals surface area contributed by atoms with Gasteiger partial charge in [0, 0.05) is 11.4 Å². The smallest absolute Gasteiger partial charge is 0.412 e. The van der Waals surface area contributed by atoms with Crippen molar-refractivity contribution in [2.24, 2.45) is 0 Å². The number of halogens is 1. The zero-order valence-electron chi connectivity index (χ0n) is 14.2. The number of hydrogen-bond donors (Lipinski definition) is 3. The van der Waals surface area contributed by atoms with Gasteiger partial charge in [0.2, 0.25) is 0 Å². The van der Waals surface area contributed by atoms with Crippen LogP contribution in [0.2, 0.25) is 5.02 Å². The highest BCUT2D eigenvalue weighted by atomic mass is 35.5. The Morgan fingerprint density at radius 3 is 2.24 bits per heavy atom. The molecule has 132 valence electrons. The first-order chi connectivity index (χ1) is 11.7. The van der Waals surface area contributed by atoms with Crippen molar-refractivity contribution in [3.05, 3.63) is 53.6 Å². The number of anilines is 3. The summed E-state index contributed by atoms with van der Waals surface area (Å²) in [6.07, 6.45) is -0.588. The largest absolute Gasteiger partial charge is 0.444 e. The van der Waals surface area contributed by atoms with Gasteiger partial charge in [-0.25, -0.2) is 9.59 Å². The van der Waals surface area contributed by atoms with E-state index < -0.39 is 17.7 Å². The van der Waals surface area contributed by atoms with E-state index in [1.54, 1.807) is 51.1 Å². The summed E-state index contributed by atoms with van der Waals surface area (Å²) in [5.74, 6) is 0. The average molecular weight is 362 g/mol. The Balaban J connectivity index is 2.03. The minimum absolute atomic E-state index is 0.345. The van der Waals surface area contributed by atoms with Crippen molar-refractivity contribution < 1.29 is 14.3 Å². The maximum absolute atomic E-state index is 12.1. The molecule has 3 N–H and O–H groups in total. The van der Waals surface area contributed by atoms with Gasteiger partial charge in [0.15, 0.2) is 0 Å². The standard InChI is InChI=1S/C18H20ClN3O3/c1-18(2,3)25-17(24)21-13-9-10-14(19)15(11-13)22-16(23)20-12-7-5-4-6-8-12/h4-11H,1-3H3,(H,21,24)(H2,20,22,23). The van der Waals surface area contributed by atoms with Crippen LogP contribution in [0.5, 0.6) is 0 Å². The van der Waals surface area contributed by atoms with Crippen LogP contribution in [0.15, 0.2) is 48.5 Å². The van der Waals surface area contributed by atoms with E-state index in [1.165, 1.54) is 0 Å². The molecule has 6 nitrogen and oxygen atoms in total. The molecule has 7 heteroatoms. The highest BCUT2D eigenvalue weighted by Gasteiger charge is 2.16. The summed E-state index contributed by atoms with van der Waals surface area (Å²) < 4.78 is 5.19. The average Bonchev–Trinajstić information content (AvgIpc) is 2.49. The number of carbonyl (C=O) groups excluding carboxylic acids is 2. The van der Waals surface area contributed by atoms with Crippen molar-refractivity contribution in [3.63, 3.8) is 0 Å². The van der Waals surface area contributed by atoms with E-state index in [9.17, 15) is 9.59 Å². The highest BCUT2D eigenvalue weighted by Crippen LogP contribution is 2.26. The first-order valence-corrected chi connectivity index (χ1v) is 8.03.